The van der Waals surface area contributed by atoms with E-state index in [9.17, 15) is 13.2 Å². The largest absolute Gasteiger partial charge is 0.332 e. The highest BCUT2D eigenvalue weighted by atomic mass is 32.2. The molecule has 10 heteroatoms. The molecule has 1 aliphatic rings. The average molecular weight is 380 g/mol. The fraction of sp³-hybridized carbons (Fsp3) is 0.562. The first kappa shape index (κ1) is 18.6. The molecule has 3 rings (SSSR count). The number of hydrogen-bond donors (Lipinski definition) is 2. The maximum atomic E-state index is 12.8. The molecule has 0 saturated carbocycles. The molecule has 2 N–H and O–H groups in total. The van der Waals surface area contributed by atoms with Gasteiger partial charge in [0.1, 0.15) is 17.7 Å². The summed E-state index contributed by atoms with van der Waals surface area (Å²) >= 11 is 0. The minimum absolute atomic E-state index is 0.0234. The van der Waals surface area contributed by atoms with Gasteiger partial charge in [0.2, 0.25) is 5.91 Å². The summed E-state index contributed by atoms with van der Waals surface area (Å²) in [4.78, 5) is 21.3. The molecule has 0 aromatic carbocycles. The van der Waals surface area contributed by atoms with Crippen molar-refractivity contribution in [3.63, 3.8) is 0 Å². The summed E-state index contributed by atoms with van der Waals surface area (Å²) in [6.07, 6.45) is 4.08. The van der Waals surface area contributed by atoms with Crippen molar-refractivity contribution in [2.24, 2.45) is 0 Å². The third kappa shape index (κ3) is 3.51. The molecule has 1 atom stereocenters. The highest BCUT2D eigenvalue weighted by Crippen LogP contribution is 2.22. The molecule has 3 heterocycles. The van der Waals surface area contributed by atoms with Crippen molar-refractivity contribution in [2.75, 3.05) is 11.4 Å². The van der Waals surface area contributed by atoms with Crippen LogP contribution in [-0.4, -0.2) is 46.7 Å². The molecule has 0 spiro atoms. The number of piperidine rings is 1. The molecule has 142 valence electrons. The summed E-state index contributed by atoms with van der Waals surface area (Å²) in [6.45, 7) is 6.96. The zero-order valence-electron chi connectivity index (χ0n) is 15.1. The van der Waals surface area contributed by atoms with Gasteiger partial charge in [-0.2, -0.15) is 9.82 Å². The zero-order valence-corrected chi connectivity index (χ0v) is 16.0. The van der Waals surface area contributed by atoms with Crippen LogP contribution in [0.5, 0.6) is 0 Å². The Morgan fingerprint density at radius 3 is 2.85 bits per heavy atom. The summed E-state index contributed by atoms with van der Waals surface area (Å²) in [5.74, 6) is 1.09. The van der Waals surface area contributed by atoms with Gasteiger partial charge < -0.3 is 4.98 Å². The van der Waals surface area contributed by atoms with Crippen LogP contribution in [-0.2, 0) is 21.4 Å². The van der Waals surface area contributed by atoms with Gasteiger partial charge in [-0.05, 0) is 19.8 Å². The first-order valence-electron chi connectivity index (χ1n) is 8.74. The summed E-state index contributed by atoms with van der Waals surface area (Å²) in [5, 5.41) is 4.16. The Bertz CT molecular complexity index is 885. The Morgan fingerprint density at radius 1 is 1.42 bits per heavy atom. The van der Waals surface area contributed by atoms with Crippen LogP contribution in [0, 0.1) is 0 Å². The molecule has 1 aliphatic heterocycles. The maximum absolute atomic E-state index is 12.8. The van der Waals surface area contributed by atoms with Gasteiger partial charge in [-0.25, -0.2) is 18.1 Å². The number of hydrogen-bond acceptors (Lipinski definition) is 5. The van der Waals surface area contributed by atoms with Crippen LogP contribution in [0.4, 0.5) is 5.82 Å². The Hall–Kier alpha value is -2.20. The maximum Gasteiger partial charge on any atom is 0.258 e. The number of amides is 1. The van der Waals surface area contributed by atoms with Crippen molar-refractivity contribution in [3.05, 3.63) is 24.3 Å². The van der Waals surface area contributed by atoms with E-state index in [1.54, 1.807) is 21.8 Å². The molecule has 1 fully saturated rings. The fourth-order valence-electron chi connectivity index (χ4n) is 3.01. The van der Waals surface area contributed by atoms with Gasteiger partial charge in [-0.1, -0.05) is 13.8 Å². The number of nitrogens with zero attached hydrogens (tertiary/aromatic N) is 4. The molecular formula is C16H24N6O3S. The Kier molecular flexibility index (Phi) is 5.15. The van der Waals surface area contributed by atoms with E-state index in [-0.39, 0.29) is 16.9 Å². The molecule has 2 aromatic heterocycles. The van der Waals surface area contributed by atoms with E-state index in [1.807, 2.05) is 20.8 Å². The van der Waals surface area contributed by atoms with E-state index in [1.165, 1.54) is 6.20 Å². The molecule has 1 saturated heterocycles. The van der Waals surface area contributed by atoms with Crippen LogP contribution in [0.25, 0.3) is 0 Å². The quantitative estimate of drug-likeness (QED) is 0.782. The normalized spacial score (nSPS) is 18.7. The van der Waals surface area contributed by atoms with E-state index < -0.39 is 16.1 Å². The predicted molar refractivity (Wildman–Crippen MR) is 96.3 cm³/mol. The van der Waals surface area contributed by atoms with E-state index in [4.69, 9.17) is 0 Å². The van der Waals surface area contributed by atoms with Crippen molar-refractivity contribution in [1.29, 1.82) is 0 Å². The number of anilines is 1. The molecular weight excluding hydrogens is 356 g/mol. The van der Waals surface area contributed by atoms with Crippen LogP contribution in [0.1, 0.15) is 45.4 Å². The lowest BCUT2D eigenvalue weighted by Gasteiger charge is -2.32. The SMILES string of the molecule is CCn1nccc1N1CCCC(NS(=O)(=O)c2cnc(C(C)C)[nH]2)C1=O. The lowest BCUT2D eigenvalue weighted by atomic mass is 10.1. The Morgan fingerprint density at radius 2 is 2.19 bits per heavy atom. The van der Waals surface area contributed by atoms with Gasteiger partial charge in [0.15, 0.2) is 5.03 Å². The van der Waals surface area contributed by atoms with Crippen LogP contribution in [0.2, 0.25) is 0 Å². The smallest absolute Gasteiger partial charge is 0.258 e. The van der Waals surface area contributed by atoms with Gasteiger partial charge in [0, 0.05) is 25.1 Å². The van der Waals surface area contributed by atoms with Crippen molar-refractivity contribution in [3.8, 4) is 0 Å². The van der Waals surface area contributed by atoms with Gasteiger partial charge >= 0.3 is 0 Å². The highest BCUT2D eigenvalue weighted by Gasteiger charge is 2.34. The molecule has 0 bridgehead atoms. The van der Waals surface area contributed by atoms with Gasteiger partial charge in [0.25, 0.3) is 10.0 Å². The van der Waals surface area contributed by atoms with Crippen molar-refractivity contribution >= 4 is 21.7 Å². The fourth-order valence-corrected chi connectivity index (χ4v) is 4.16. The van der Waals surface area contributed by atoms with E-state index in [2.05, 4.69) is 19.8 Å². The number of rotatable bonds is 6. The lowest BCUT2D eigenvalue weighted by molar-refractivity contribution is -0.121. The van der Waals surface area contributed by atoms with Gasteiger partial charge in [0.05, 0.1) is 12.4 Å². The Labute approximate surface area is 152 Å². The topological polar surface area (TPSA) is 113 Å². The molecule has 0 radical (unpaired) electrons. The first-order chi connectivity index (χ1) is 12.3. The van der Waals surface area contributed by atoms with Gasteiger partial charge in [-0.3, -0.25) is 9.69 Å². The van der Waals surface area contributed by atoms with E-state index in [0.29, 0.717) is 37.6 Å². The number of nitrogens with one attached hydrogen (secondary N) is 2. The average Bonchev–Trinajstić information content (AvgIpc) is 3.26. The van der Waals surface area contributed by atoms with Crippen LogP contribution < -0.4 is 9.62 Å². The third-order valence-corrected chi connectivity index (χ3v) is 5.80. The second-order valence-electron chi connectivity index (χ2n) is 6.60. The van der Waals surface area contributed by atoms with E-state index >= 15 is 0 Å². The monoisotopic (exact) mass is 380 g/mol. The third-order valence-electron chi connectivity index (χ3n) is 4.41. The Balaban J connectivity index is 1.79. The predicted octanol–water partition coefficient (Wildman–Crippen LogP) is 1.22. The first-order valence-corrected chi connectivity index (χ1v) is 10.2. The van der Waals surface area contributed by atoms with Gasteiger partial charge in [-0.15, -0.1) is 0 Å². The molecule has 1 unspecified atom stereocenters. The molecule has 9 nitrogen and oxygen atoms in total. The van der Waals surface area contributed by atoms with Crippen molar-refractivity contribution in [1.82, 2.24) is 24.5 Å². The number of imidazole rings is 1. The number of aryl methyl sites for hydroxylation is 1. The van der Waals surface area contributed by atoms with Crippen molar-refractivity contribution < 1.29 is 13.2 Å². The highest BCUT2D eigenvalue weighted by molar-refractivity contribution is 7.89. The van der Waals surface area contributed by atoms with Crippen LogP contribution in [0.3, 0.4) is 0 Å². The summed E-state index contributed by atoms with van der Waals surface area (Å²) in [6, 6.07) is 0.960. The molecule has 2 aromatic rings. The minimum atomic E-state index is -3.85. The summed E-state index contributed by atoms with van der Waals surface area (Å²) in [7, 11) is -3.85. The number of sulfonamides is 1. The standard InChI is InChI=1S/C16H24N6O3S/c1-4-22-14(7-8-18-22)21-9-5-6-12(16(21)23)20-26(24,25)13-10-17-15(19-13)11(2)3/h7-8,10-12,20H,4-6,9H2,1-3H3,(H,17,19). The molecule has 0 aliphatic carbocycles. The summed E-state index contributed by atoms with van der Waals surface area (Å²) in [5.41, 5.74) is 0. The number of H-pyrrole nitrogens is 1. The molecule has 26 heavy (non-hydrogen) atoms. The second-order valence-corrected chi connectivity index (χ2v) is 8.28. The van der Waals surface area contributed by atoms with Crippen molar-refractivity contribution in [2.45, 2.75) is 57.1 Å². The van der Waals surface area contributed by atoms with Crippen LogP contribution >= 0.6 is 0 Å². The van der Waals surface area contributed by atoms with Crippen LogP contribution in [0.15, 0.2) is 23.5 Å². The molecule has 1 amide bonds. The zero-order chi connectivity index (χ0) is 18.9. The number of aromatic amines is 1. The number of aromatic nitrogens is 4. The van der Waals surface area contributed by atoms with E-state index in [0.717, 1.165) is 0 Å². The summed E-state index contributed by atoms with van der Waals surface area (Å²) < 4.78 is 29.5. The number of carbonyl (C=O) groups excluding carboxylic acids is 1. The second kappa shape index (κ2) is 7.20. The number of carbonyl (C=O) groups is 1. The lowest BCUT2D eigenvalue weighted by Crippen LogP contribution is -2.52. The minimum Gasteiger partial charge on any atom is -0.332 e.